The largest absolute Gasteiger partial charge is 1.00 e. The Morgan fingerprint density at radius 2 is 1.78 bits per heavy atom. The van der Waals surface area contributed by atoms with E-state index in [-0.39, 0.29) is 70.0 Å². The topological polar surface area (TPSA) is 9.23 Å². The van der Waals surface area contributed by atoms with Crippen molar-refractivity contribution in [3.8, 4) is 5.75 Å². The Morgan fingerprint density at radius 1 is 1.04 bits per heavy atom. The summed E-state index contributed by atoms with van der Waals surface area (Å²) in [6.07, 6.45) is 14.0. The van der Waals surface area contributed by atoms with Crippen LogP contribution in [-0.4, -0.2) is 6.10 Å². The van der Waals surface area contributed by atoms with Crippen LogP contribution in [0.2, 0.25) is 0 Å². The van der Waals surface area contributed by atoms with Crippen LogP contribution in [0, 0.1) is 24.0 Å². The van der Waals surface area contributed by atoms with Crippen molar-refractivity contribution in [1.29, 1.82) is 0 Å². The summed E-state index contributed by atoms with van der Waals surface area (Å²) in [5.41, 5.74) is 0.800. The van der Waals surface area contributed by atoms with Crippen LogP contribution in [-0.2, 0) is 6.42 Å². The van der Waals surface area contributed by atoms with Gasteiger partial charge in [0, 0.05) is 0 Å². The summed E-state index contributed by atoms with van der Waals surface area (Å²) in [5, 5.41) is 0. The molecule has 1 nitrogen and oxygen atoms in total. The molecule has 1 aromatic rings. The average molecular weight is 393 g/mol. The molecule has 0 saturated heterocycles. The molecule has 1 aromatic carbocycles. The van der Waals surface area contributed by atoms with Gasteiger partial charge in [-0.25, -0.2) is 4.39 Å². The Kier molecular flexibility index (Phi) is 8.68. The minimum absolute atomic E-state index is 0. The van der Waals surface area contributed by atoms with E-state index in [0.717, 1.165) is 37.2 Å². The summed E-state index contributed by atoms with van der Waals surface area (Å²) in [6, 6.07) is 2.84. The fraction of sp³-hybridized carbons (Fsp3) is 0.632. The second kappa shape index (κ2) is 9.99. The van der Waals surface area contributed by atoms with Crippen LogP contribution < -0.4 is 62.9 Å². The Balaban J connectivity index is 0.00000192. The molecular formula is C19H25F2ORb. The molecular weight excluding hydrogens is 368 g/mol. The Morgan fingerprint density at radius 3 is 2.57 bits per heavy atom. The molecule has 1 unspecified atom stereocenters. The second-order valence-electron chi connectivity index (χ2n) is 6.72. The monoisotopic (exact) mass is 392 g/mol. The first-order valence-electron chi connectivity index (χ1n) is 8.69. The molecule has 1 fully saturated rings. The molecule has 0 aromatic heterocycles. The normalized spacial score (nSPS) is 21.2. The van der Waals surface area contributed by atoms with E-state index in [0.29, 0.717) is 0 Å². The molecule has 1 saturated carbocycles. The molecule has 0 amide bonds. The molecule has 0 spiro atoms. The minimum atomic E-state index is -0.819. The fourth-order valence-electron chi connectivity index (χ4n) is 3.73. The Hall–Kier alpha value is 0.685. The minimum Gasteiger partial charge on any atom is -0.487 e. The zero-order valence-electron chi connectivity index (χ0n) is 14.1. The van der Waals surface area contributed by atoms with Gasteiger partial charge in [0.05, 0.1) is 6.10 Å². The molecule has 1 aliphatic heterocycles. The maximum Gasteiger partial charge on any atom is 1.00 e. The van der Waals surface area contributed by atoms with Crippen molar-refractivity contribution in [3.63, 3.8) is 0 Å². The molecule has 122 valence electrons. The smallest absolute Gasteiger partial charge is 0.487 e. The van der Waals surface area contributed by atoms with Crippen LogP contribution in [0.1, 0.15) is 63.4 Å². The van der Waals surface area contributed by atoms with Crippen molar-refractivity contribution in [3.05, 3.63) is 35.8 Å². The van der Waals surface area contributed by atoms with Gasteiger partial charge in [0.1, 0.15) is 0 Å². The number of benzene rings is 1. The predicted octanol–water partition coefficient (Wildman–Crippen LogP) is 2.62. The fourth-order valence-corrected chi connectivity index (χ4v) is 3.73. The number of ether oxygens (including phenoxy) is 1. The van der Waals surface area contributed by atoms with Gasteiger partial charge in [-0.1, -0.05) is 31.7 Å². The third-order valence-electron chi connectivity index (χ3n) is 5.10. The molecule has 23 heavy (non-hydrogen) atoms. The number of fused-ring (bicyclic) bond motifs is 1. The predicted molar refractivity (Wildman–Crippen MR) is 83.8 cm³/mol. The zero-order valence-corrected chi connectivity index (χ0v) is 19.0. The van der Waals surface area contributed by atoms with Crippen molar-refractivity contribution in [2.45, 2.75) is 70.3 Å². The van der Waals surface area contributed by atoms with E-state index in [1.807, 2.05) is 0 Å². The number of rotatable bonds is 5. The van der Waals surface area contributed by atoms with E-state index >= 15 is 0 Å². The molecule has 2 aliphatic rings. The zero-order chi connectivity index (χ0) is 15.4. The summed E-state index contributed by atoms with van der Waals surface area (Å²) in [4.78, 5) is 0. The first-order chi connectivity index (χ1) is 10.7. The molecule has 0 bridgehead atoms. The van der Waals surface area contributed by atoms with Crippen LogP contribution in [0.5, 0.6) is 5.75 Å². The van der Waals surface area contributed by atoms with Gasteiger partial charge < -0.3 is 11.2 Å². The summed E-state index contributed by atoms with van der Waals surface area (Å²) in [7, 11) is 0. The molecule has 1 heterocycles. The third kappa shape index (κ3) is 5.59. The van der Waals surface area contributed by atoms with E-state index in [4.69, 9.17) is 4.74 Å². The van der Waals surface area contributed by atoms with Gasteiger partial charge in [-0.3, -0.25) is 0 Å². The summed E-state index contributed by atoms with van der Waals surface area (Å²) in [5.74, 6) is -0.585. The third-order valence-corrected chi connectivity index (χ3v) is 5.10. The SMILES string of the molecule is Fc1ccc2c(c1F)OC(CCCCC1CC[CH-]CC1)CC2.[Rb+]. The van der Waals surface area contributed by atoms with Crippen LogP contribution in [0.3, 0.4) is 0 Å². The maximum atomic E-state index is 13.8. The Labute approximate surface area is 187 Å². The van der Waals surface area contributed by atoms with Gasteiger partial charge in [0.2, 0.25) is 5.82 Å². The van der Waals surface area contributed by atoms with E-state index in [9.17, 15) is 8.78 Å². The molecule has 1 aliphatic carbocycles. The van der Waals surface area contributed by atoms with E-state index in [1.54, 1.807) is 6.07 Å². The van der Waals surface area contributed by atoms with Crippen molar-refractivity contribution >= 4 is 0 Å². The van der Waals surface area contributed by atoms with Crippen LogP contribution in [0.4, 0.5) is 8.78 Å². The van der Waals surface area contributed by atoms with Crippen LogP contribution >= 0.6 is 0 Å². The van der Waals surface area contributed by atoms with E-state index in [2.05, 4.69) is 6.42 Å². The Bertz CT molecular complexity index is 500. The van der Waals surface area contributed by atoms with Gasteiger partial charge in [0.15, 0.2) is 11.6 Å². The van der Waals surface area contributed by atoms with Crippen LogP contribution in [0.25, 0.3) is 0 Å². The number of hydrogen-bond acceptors (Lipinski definition) is 1. The van der Waals surface area contributed by atoms with Crippen molar-refractivity contribution in [2.24, 2.45) is 5.92 Å². The van der Waals surface area contributed by atoms with Crippen molar-refractivity contribution in [2.75, 3.05) is 0 Å². The van der Waals surface area contributed by atoms with Crippen molar-refractivity contribution < 1.29 is 71.7 Å². The van der Waals surface area contributed by atoms with E-state index in [1.165, 1.54) is 44.6 Å². The first-order valence-corrected chi connectivity index (χ1v) is 8.69. The second-order valence-corrected chi connectivity index (χ2v) is 6.72. The van der Waals surface area contributed by atoms with Gasteiger partial charge >= 0.3 is 58.2 Å². The summed E-state index contributed by atoms with van der Waals surface area (Å²) in [6.45, 7) is 0. The van der Waals surface area contributed by atoms with Gasteiger partial charge in [-0.2, -0.15) is 17.2 Å². The van der Waals surface area contributed by atoms with Crippen LogP contribution in [0.15, 0.2) is 12.1 Å². The summed E-state index contributed by atoms with van der Waals surface area (Å²) >= 11 is 0. The molecule has 0 radical (unpaired) electrons. The van der Waals surface area contributed by atoms with E-state index < -0.39 is 11.6 Å². The van der Waals surface area contributed by atoms with Crippen molar-refractivity contribution in [1.82, 2.24) is 0 Å². The van der Waals surface area contributed by atoms with Gasteiger partial charge in [0.25, 0.3) is 0 Å². The maximum absolute atomic E-state index is 13.8. The number of hydrogen-bond donors (Lipinski definition) is 0. The standard InChI is InChI=1S/C19H25F2O.Rb/c20-17-13-11-15-10-12-16(22-19(15)18(17)21)9-5-4-8-14-6-2-1-3-7-14;/h1,11,13-14,16H,2-10,12H2;/q-1;+1. The number of halogens is 2. The number of aryl methyl sites for hydroxylation is 1. The first kappa shape index (κ1) is 20.0. The molecule has 1 atom stereocenters. The summed E-state index contributed by atoms with van der Waals surface area (Å²) < 4.78 is 32.8. The average Bonchev–Trinajstić information content (AvgIpc) is 2.56. The number of unbranched alkanes of at least 4 members (excludes halogenated alkanes) is 1. The van der Waals surface area contributed by atoms with Gasteiger partial charge in [-0.15, -0.1) is 0 Å². The van der Waals surface area contributed by atoms with Gasteiger partial charge in [-0.05, 0) is 43.2 Å². The molecule has 4 heteroatoms. The molecule has 0 N–H and O–H groups in total. The molecule has 3 rings (SSSR count). The quantitative estimate of drug-likeness (QED) is 0.553.